The second-order valence-electron chi connectivity index (χ2n) is 2.66. The minimum Gasteiger partial charge on any atom is -0.347 e. The number of carbonyl (C=O) groups excluding carboxylic acids is 1. The summed E-state index contributed by atoms with van der Waals surface area (Å²) in [5, 5.41) is 7.29. The molecule has 15 heavy (non-hydrogen) atoms. The molecule has 2 N–H and O–H groups in total. The Labute approximate surface area is 83.2 Å². The van der Waals surface area contributed by atoms with Gasteiger partial charge < -0.3 is 5.32 Å². The molecule has 0 saturated heterocycles. The van der Waals surface area contributed by atoms with Crippen molar-refractivity contribution in [3.8, 4) is 0 Å². The van der Waals surface area contributed by atoms with Crippen molar-refractivity contribution >= 4 is 5.91 Å². The largest absolute Gasteiger partial charge is 0.432 e. The number of alkyl halides is 3. The van der Waals surface area contributed by atoms with E-state index in [9.17, 15) is 18.0 Å². The highest BCUT2D eigenvalue weighted by molar-refractivity contribution is 5.92. The van der Waals surface area contributed by atoms with E-state index in [-0.39, 0.29) is 12.2 Å². The first kappa shape index (κ1) is 11.3. The van der Waals surface area contributed by atoms with Crippen LogP contribution in [0.2, 0.25) is 0 Å². The van der Waals surface area contributed by atoms with Crippen LogP contribution in [0.1, 0.15) is 16.2 Å². The summed E-state index contributed by atoms with van der Waals surface area (Å²) in [4.78, 5) is 11.1. The van der Waals surface area contributed by atoms with Crippen LogP contribution in [-0.4, -0.2) is 22.6 Å². The van der Waals surface area contributed by atoms with E-state index >= 15 is 0 Å². The zero-order valence-electron chi connectivity index (χ0n) is 7.56. The summed E-state index contributed by atoms with van der Waals surface area (Å²) >= 11 is 0. The van der Waals surface area contributed by atoms with E-state index in [1.807, 2.05) is 0 Å². The molecule has 0 aliphatic rings. The average molecular weight is 219 g/mol. The molecule has 1 aromatic heterocycles. The Kier molecular flexibility index (Phi) is 3.13. The molecule has 4 nitrogen and oxygen atoms in total. The monoisotopic (exact) mass is 219 g/mol. The molecule has 0 saturated carbocycles. The number of aromatic amines is 1. The normalized spacial score (nSPS) is 11.1. The van der Waals surface area contributed by atoms with Gasteiger partial charge in [-0.2, -0.15) is 18.3 Å². The van der Waals surface area contributed by atoms with Gasteiger partial charge in [0.05, 0.1) is 0 Å². The lowest BCUT2D eigenvalue weighted by molar-refractivity contribution is -0.141. The fourth-order valence-electron chi connectivity index (χ4n) is 0.839. The van der Waals surface area contributed by atoms with Crippen LogP contribution in [0.3, 0.4) is 0 Å². The van der Waals surface area contributed by atoms with Crippen molar-refractivity contribution in [2.24, 2.45) is 0 Å². The Balaban J connectivity index is 2.76. The molecule has 0 radical (unpaired) electrons. The second kappa shape index (κ2) is 4.16. The molecule has 0 unspecified atom stereocenters. The predicted octanol–water partition coefficient (Wildman–Crippen LogP) is 1.34. The highest BCUT2D eigenvalue weighted by atomic mass is 19.4. The molecule has 0 aromatic carbocycles. The van der Waals surface area contributed by atoms with E-state index in [2.05, 4.69) is 17.0 Å². The molecule has 0 atom stereocenters. The smallest absolute Gasteiger partial charge is 0.347 e. The fraction of sp³-hybridized carbons (Fsp3) is 0.250. The van der Waals surface area contributed by atoms with Gasteiger partial charge in [-0.1, -0.05) is 6.08 Å². The van der Waals surface area contributed by atoms with Gasteiger partial charge >= 0.3 is 6.18 Å². The molecular weight excluding hydrogens is 211 g/mol. The van der Waals surface area contributed by atoms with Gasteiger partial charge in [-0.25, -0.2) is 0 Å². The predicted molar refractivity (Wildman–Crippen MR) is 46.1 cm³/mol. The van der Waals surface area contributed by atoms with Gasteiger partial charge in [0.25, 0.3) is 5.91 Å². The number of aromatic nitrogens is 2. The van der Waals surface area contributed by atoms with Crippen molar-refractivity contribution in [3.63, 3.8) is 0 Å². The molecule has 1 heterocycles. The minimum absolute atomic E-state index is 0.174. The molecule has 7 heteroatoms. The Morgan fingerprint density at radius 1 is 1.67 bits per heavy atom. The molecule has 0 fully saturated rings. The Hall–Kier alpha value is -1.79. The lowest BCUT2D eigenvalue weighted by atomic mass is 10.3. The van der Waals surface area contributed by atoms with Crippen molar-refractivity contribution in [3.05, 3.63) is 30.1 Å². The summed E-state index contributed by atoms with van der Waals surface area (Å²) in [6.45, 7) is 3.52. The lowest BCUT2D eigenvalue weighted by Gasteiger charge is -2.00. The Morgan fingerprint density at radius 3 is 2.80 bits per heavy atom. The van der Waals surface area contributed by atoms with Crippen molar-refractivity contribution in [1.82, 2.24) is 15.5 Å². The third-order valence-corrected chi connectivity index (χ3v) is 1.52. The highest BCUT2D eigenvalue weighted by Crippen LogP contribution is 2.27. The van der Waals surface area contributed by atoms with E-state index in [1.54, 1.807) is 5.10 Å². The number of amides is 1. The van der Waals surface area contributed by atoms with Crippen LogP contribution in [0.25, 0.3) is 0 Å². The van der Waals surface area contributed by atoms with Crippen LogP contribution in [0.15, 0.2) is 18.7 Å². The topological polar surface area (TPSA) is 57.8 Å². The van der Waals surface area contributed by atoms with Crippen LogP contribution >= 0.6 is 0 Å². The SMILES string of the molecule is C=CCNC(=O)c1cc(C(F)(F)F)[nH]n1. The molecule has 0 aliphatic heterocycles. The molecule has 82 valence electrons. The number of hydrogen-bond acceptors (Lipinski definition) is 2. The number of carbonyl (C=O) groups is 1. The maximum Gasteiger partial charge on any atom is 0.432 e. The van der Waals surface area contributed by atoms with E-state index in [4.69, 9.17) is 0 Å². The van der Waals surface area contributed by atoms with Gasteiger partial charge in [0.1, 0.15) is 5.69 Å². The standard InChI is InChI=1S/C8H8F3N3O/c1-2-3-12-7(15)5-4-6(14-13-5)8(9,10)11/h2,4H,1,3H2,(H,12,15)(H,13,14). The summed E-state index contributed by atoms with van der Waals surface area (Å²) in [6, 6.07) is 0.651. The number of nitrogens with zero attached hydrogens (tertiary/aromatic N) is 1. The summed E-state index contributed by atoms with van der Waals surface area (Å²) in [7, 11) is 0. The van der Waals surface area contributed by atoms with Gasteiger partial charge in [-0.05, 0) is 0 Å². The molecular formula is C8H8F3N3O. The maximum absolute atomic E-state index is 12.1. The van der Waals surface area contributed by atoms with Crippen molar-refractivity contribution < 1.29 is 18.0 Å². The molecule has 1 amide bonds. The zero-order valence-corrected chi connectivity index (χ0v) is 7.56. The average Bonchev–Trinajstić information content (AvgIpc) is 2.62. The molecule has 0 spiro atoms. The quantitative estimate of drug-likeness (QED) is 0.754. The Morgan fingerprint density at radius 2 is 2.33 bits per heavy atom. The van der Waals surface area contributed by atoms with Gasteiger partial charge in [0, 0.05) is 12.6 Å². The Bertz CT molecular complexity index is 369. The number of nitrogens with one attached hydrogen (secondary N) is 2. The lowest BCUT2D eigenvalue weighted by Crippen LogP contribution is -2.23. The summed E-state index contributed by atoms with van der Waals surface area (Å²) in [5.74, 6) is -0.679. The van der Waals surface area contributed by atoms with Crippen molar-refractivity contribution in [2.75, 3.05) is 6.54 Å². The number of rotatable bonds is 3. The van der Waals surface area contributed by atoms with E-state index in [1.165, 1.54) is 6.08 Å². The van der Waals surface area contributed by atoms with Gasteiger partial charge in [0.15, 0.2) is 5.69 Å². The first-order chi connectivity index (χ1) is 6.95. The van der Waals surface area contributed by atoms with Gasteiger partial charge in [-0.15, -0.1) is 6.58 Å². The van der Waals surface area contributed by atoms with Crippen LogP contribution in [0, 0.1) is 0 Å². The second-order valence-corrected chi connectivity index (χ2v) is 2.66. The number of hydrogen-bond donors (Lipinski definition) is 2. The van der Waals surface area contributed by atoms with E-state index in [0.717, 1.165) is 0 Å². The zero-order chi connectivity index (χ0) is 11.5. The number of H-pyrrole nitrogens is 1. The fourth-order valence-corrected chi connectivity index (χ4v) is 0.839. The number of halogens is 3. The first-order valence-corrected chi connectivity index (χ1v) is 3.97. The maximum atomic E-state index is 12.1. The third kappa shape index (κ3) is 2.83. The minimum atomic E-state index is -4.52. The van der Waals surface area contributed by atoms with Crippen LogP contribution in [0.4, 0.5) is 13.2 Å². The van der Waals surface area contributed by atoms with E-state index < -0.39 is 17.8 Å². The molecule has 1 rings (SSSR count). The van der Waals surface area contributed by atoms with E-state index in [0.29, 0.717) is 6.07 Å². The summed E-state index contributed by atoms with van der Waals surface area (Å²) in [5.41, 5.74) is -1.35. The van der Waals surface area contributed by atoms with Crippen molar-refractivity contribution in [1.29, 1.82) is 0 Å². The van der Waals surface area contributed by atoms with Crippen LogP contribution in [-0.2, 0) is 6.18 Å². The van der Waals surface area contributed by atoms with Crippen LogP contribution in [0.5, 0.6) is 0 Å². The summed E-state index contributed by atoms with van der Waals surface area (Å²) in [6.07, 6.45) is -3.11. The molecule has 1 aromatic rings. The third-order valence-electron chi connectivity index (χ3n) is 1.52. The molecule has 0 bridgehead atoms. The highest BCUT2D eigenvalue weighted by Gasteiger charge is 2.33. The van der Waals surface area contributed by atoms with Crippen LogP contribution < -0.4 is 5.32 Å². The van der Waals surface area contributed by atoms with Gasteiger partial charge in [0.2, 0.25) is 0 Å². The van der Waals surface area contributed by atoms with Crippen molar-refractivity contribution in [2.45, 2.75) is 6.18 Å². The summed E-state index contributed by atoms with van der Waals surface area (Å²) < 4.78 is 36.3. The van der Waals surface area contributed by atoms with Gasteiger partial charge in [-0.3, -0.25) is 9.89 Å². The first-order valence-electron chi connectivity index (χ1n) is 3.97. The molecule has 0 aliphatic carbocycles.